The zero-order chi connectivity index (χ0) is 15.2. The van der Waals surface area contributed by atoms with Crippen molar-refractivity contribution in [2.75, 3.05) is 34.3 Å². The van der Waals surface area contributed by atoms with E-state index in [0.29, 0.717) is 6.04 Å². The van der Waals surface area contributed by atoms with Gasteiger partial charge >= 0.3 is 0 Å². The van der Waals surface area contributed by atoms with Crippen LogP contribution in [0.5, 0.6) is 5.75 Å². The molecule has 0 atom stereocenters. The highest BCUT2D eigenvalue weighted by Crippen LogP contribution is 2.23. The molecule has 3 heteroatoms. The molecule has 0 spiro atoms. The normalized spacial score (nSPS) is 16.7. The van der Waals surface area contributed by atoms with Crippen LogP contribution in [0.3, 0.4) is 0 Å². The van der Waals surface area contributed by atoms with E-state index in [1.807, 2.05) is 12.1 Å². The summed E-state index contributed by atoms with van der Waals surface area (Å²) >= 11 is 0. The molecule has 3 nitrogen and oxygen atoms in total. The van der Waals surface area contributed by atoms with Gasteiger partial charge in [0.25, 0.3) is 0 Å². The van der Waals surface area contributed by atoms with E-state index in [1.54, 1.807) is 7.11 Å². The first kappa shape index (κ1) is 15.9. The van der Waals surface area contributed by atoms with E-state index in [4.69, 9.17) is 4.74 Å². The molecule has 0 radical (unpaired) electrons. The maximum Gasteiger partial charge on any atom is 0.122 e. The number of benzene rings is 1. The van der Waals surface area contributed by atoms with Gasteiger partial charge in [-0.3, -0.25) is 0 Å². The number of nitrogens with zero attached hydrogens (tertiary/aromatic N) is 2. The van der Waals surface area contributed by atoms with E-state index in [2.05, 4.69) is 42.6 Å². The van der Waals surface area contributed by atoms with E-state index in [9.17, 15) is 0 Å². The second kappa shape index (κ2) is 7.51. The van der Waals surface area contributed by atoms with Crippen molar-refractivity contribution in [3.63, 3.8) is 0 Å². The van der Waals surface area contributed by atoms with Gasteiger partial charge in [-0.05, 0) is 57.5 Å². The summed E-state index contributed by atoms with van der Waals surface area (Å²) in [5, 5.41) is 0. The first-order valence-electron chi connectivity index (χ1n) is 7.83. The molecule has 0 saturated carbocycles. The fourth-order valence-corrected chi connectivity index (χ4v) is 3.01. The third kappa shape index (κ3) is 4.24. The van der Waals surface area contributed by atoms with Crippen molar-refractivity contribution in [2.45, 2.75) is 31.7 Å². The molecule has 116 valence electrons. The largest absolute Gasteiger partial charge is 0.496 e. The van der Waals surface area contributed by atoms with Crippen molar-refractivity contribution in [3.05, 3.63) is 42.1 Å². The van der Waals surface area contributed by atoms with Crippen LogP contribution in [0.15, 0.2) is 36.5 Å². The van der Waals surface area contributed by atoms with Crippen LogP contribution in [0.1, 0.15) is 24.8 Å². The highest BCUT2D eigenvalue weighted by atomic mass is 16.5. The number of hydrogen-bond acceptors (Lipinski definition) is 3. The van der Waals surface area contributed by atoms with Crippen molar-refractivity contribution in [3.8, 4) is 5.75 Å². The van der Waals surface area contributed by atoms with Gasteiger partial charge in [0.1, 0.15) is 5.75 Å². The quantitative estimate of drug-likeness (QED) is 0.799. The van der Waals surface area contributed by atoms with E-state index >= 15 is 0 Å². The highest BCUT2D eigenvalue weighted by Gasteiger charge is 2.21. The molecule has 0 aliphatic carbocycles. The van der Waals surface area contributed by atoms with Gasteiger partial charge in [-0.15, -0.1) is 0 Å². The molecule has 1 aromatic carbocycles. The maximum atomic E-state index is 5.42. The molecule has 1 aliphatic rings. The number of rotatable bonds is 6. The summed E-state index contributed by atoms with van der Waals surface area (Å²) in [6.45, 7) is 6.67. The van der Waals surface area contributed by atoms with Gasteiger partial charge in [-0.25, -0.2) is 0 Å². The van der Waals surface area contributed by atoms with Crippen molar-refractivity contribution in [1.29, 1.82) is 0 Å². The number of hydrogen-bond donors (Lipinski definition) is 0. The van der Waals surface area contributed by atoms with Gasteiger partial charge < -0.3 is 14.5 Å². The Kier molecular flexibility index (Phi) is 5.68. The standard InChI is InChI=1S/C18H28N2O/c1-15(20(3)17-11-13-19(2)14-12-17)9-10-16-7-5-6-8-18(16)21-4/h5-8,17H,1,9-14H2,2-4H3. The van der Waals surface area contributed by atoms with Crippen molar-refractivity contribution in [2.24, 2.45) is 0 Å². The molecule has 21 heavy (non-hydrogen) atoms. The Morgan fingerprint density at radius 1 is 1.33 bits per heavy atom. The molecule has 2 rings (SSSR count). The molecule has 0 amide bonds. The molecule has 1 heterocycles. The lowest BCUT2D eigenvalue weighted by molar-refractivity contribution is 0.168. The molecule has 1 fully saturated rings. The number of ether oxygens (including phenoxy) is 1. The minimum atomic E-state index is 0.645. The van der Waals surface area contributed by atoms with E-state index in [-0.39, 0.29) is 0 Å². The van der Waals surface area contributed by atoms with Gasteiger partial charge in [-0.1, -0.05) is 24.8 Å². The maximum absolute atomic E-state index is 5.42. The van der Waals surface area contributed by atoms with Crippen LogP contribution in [-0.2, 0) is 6.42 Å². The number of para-hydroxylation sites is 1. The summed E-state index contributed by atoms with van der Waals surface area (Å²) in [4.78, 5) is 4.80. The average molecular weight is 288 g/mol. The summed E-state index contributed by atoms with van der Waals surface area (Å²) in [7, 11) is 6.13. The van der Waals surface area contributed by atoms with Gasteiger partial charge in [0.05, 0.1) is 7.11 Å². The number of likely N-dealkylation sites (tertiary alicyclic amines) is 1. The van der Waals surface area contributed by atoms with Crippen LogP contribution < -0.4 is 4.74 Å². The highest BCUT2D eigenvalue weighted by molar-refractivity contribution is 5.33. The SMILES string of the molecule is C=C(CCc1ccccc1OC)N(C)C1CCN(C)CC1. The molecule has 0 unspecified atom stereocenters. The van der Waals surface area contributed by atoms with Crippen LogP contribution in [0.2, 0.25) is 0 Å². The van der Waals surface area contributed by atoms with Crippen LogP contribution >= 0.6 is 0 Å². The minimum absolute atomic E-state index is 0.645. The van der Waals surface area contributed by atoms with E-state index in [0.717, 1.165) is 18.6 Å². The summed E-state index contributed by atoms with van der Waals surface area (Å²) in [5.74, 6) is 0.979. The zero-order valence-corrected chi connectivity index (χ0v) is 13.6. The average Bonchev–Trinajstić information content (AvgIpc) is 2.52. The fourth-order valence-electron chi connectivity index (χ4n) is 3.01. The van der Waals surface area contributed by atoms with Crippen LogP contribution in [0, 0.1) is 0 Å². The molecular weight excluding hydrogens is 260 g/mol. The molecular formula is C18H28N2O. The number of aryl methyl sites for hydroxylation is 1. The number of methoxy groups -OCH3 is 1. The summed E-state index contributed by atoms with van der Waals surface area (Å²) < 4.78 is 5.42. The number of piperidine rings is 1. The second-order valence-electron chi connectivity index (χ2n) is 6.02. The Morgan fingerprint density at radius 2 is 2.00 bits per heavy atom. The Balaban J connectivity index is 1.86. The molecule has 1 saturated heterocycles. The van der Waals surface area contributed by atoms with Crippen molar-refractivity contribution < 1.29 is 4.74 Å². The monoisotopic (exact) mass is 288 g/mol. The fraction of sp³-hybridized carbons (Fsp3) is 0.556. The Bertz CT molecular complexity index is 464. The molecule has 0 N–H and O–H groups in total. The third-order valence-electron chi connectivity index (χ3n) is 4.61. The minimum Gasteiger partial charge on any atom is -0.496 e. The second-order valence-corrected chi connectivity index (χ2v) is 6.02. The Labute approximate surface area is 129 Å². The van der Waals surface area contributed by atoms with Gasteiger partial charge in [-0.2, -0.15) is 0 Å². The first-order chi connectivity index (χ1) is 10.1. The van der Waals surface area contributed by atoms with Crippen LogP contribution in [-0.4, -0.2) is 50.1 Å². The smallest absolute Gasteiger partial charge is 0.122 e. The summed E-state index contributed by atoms with van der Waals surface area (Å²) in [5.41, 5.74) is 2.49. The summed E-state index contributed by atoms with van der Waals surface area (Å²) in [6.07, 6.45) is 4.45. The lowest BCUT2D eigenvalue weighted by atomic mass is 10.0. The zero-order valence-electron chi connectivity index (χ0n) is 13.6. The van der Waals surface area contributed by atoms with E-state index in [1.165, 1.54) is 37.2 Å². The topological polar surface area (TPSA) is 15.7 Å². The molecule has 1 aromatic rings. The first-order valence-corrected chi connectivity index (χ1v) is 7.83. The predicted octanol–water partition coefficient (Wildman–Crippen LogP) is 3.17. The van der Waals surface area contributed by atoms with E-state index < -0.39 is 0 Å². The van der Waals surface area contributed by atoms with Crippen LogP contribution in [0.25, 0.3) is 0 Å². The lowest BCUT2D eigenvalue weighted by Gasteiger charge is -2.37. The van der Waals surface area contributed by atoms with Gasteiger partial charge in [0, 0.05) is 18.8 Å². The van der Waals surface area contributed by atoms with Crippen molar-refractivity contribution in [1.82, 2.24) is 9.80 Å². The van der Waals surface area contributed by atoms with Crippen molar-refractivity contribution >= 4 is 0 Å². The van der Waals surface area contributed by atoms with Gasteiger partial charge in [0.15, 0.2) is 0 Å². The Hall–Kier alpha value is -1.48. The predicted molar refractivity (Wildman–Crippen MR) is 88.7 cm³/mol. The molecule has 1 aliphatic heterocycles. The molecule has 0 bridgehead atoms. The Morgan fingerprint density at radius 3 is 2.67 bits per heavy atom. The summed E-state index contributed by atoms with van der Waals surface area (Å²) in [6, 6.07) is 8.90. The number of allylic oxidation sites excluding steroid dienone is 1. The third-order valence-corrected chi connectivity index (χ3v) is 4.61. The molecule has 0 aromatic heterocycles. The lowest BCUT2D eigenvalue weighted by Crippen LogP contribution is -2.41. The van der Waals surface area contributed by atoms with Crippen LogP contribution in [0.4, 0.5) is 0 Å². The van der Waals surface area contributed by atoms with Gasteiger partial charge in [0.2, 0.25) is 0 Å².